The second-order valence-electron chi connectivity index (χ2n) is 6.86. The van der Waals surface area contributed by atoms with Crippen molar-refractivity contribution in [1.29, 1.82) is 0 Å². The van der Waals surface area contributed by atoms with Crippen LogP contribution in [0.15, 0.2) is 33.4 Å². The molecular formula is C20H22N4O7S. The summed E-state index contributed by atoms with van der Waals surface area (Å²) in [5, 5.41) is 7.80. The summed E-state index contributed by atoms with van der Waals surface area (Å²) in [5.74, 6) is -3.83. The molecule has 2 aromatic heterocycles. The molecule has 12 heteroatoms. The fraction of sp³-hybridized carbons (Fsp3) is 0.400. The fourth-order valence-corrected chi connectivity index (χ4v) is 4.19. The largest absolute Gasteiger partial charge is 0.466 e. The number of fused-ring (bicyclic) bond motifs is 1. The number of allylic oxidation sites excluding steroid dienone is 2. The molecule has 0 unspecified atom stereocenters. The Balaban J connectivity index is 1.93. The molecule has 3 heterocycles. The van der Waals surface area contributed by atoms with Crippen molar-refractivity contribution in [1.82, 2.24) is 19.9 Å². The van der Waals surface area contributed by atoms with E-state index >= 15 is 0 Å². The molecule has 1 N–H and O–H groups in total. The summed E-state index contributed by atoms with van der Waals surface area (Å²) in [6.45, 7) is 4.73. The number of carbonyl (C=O) groups excluding carboxylic acids is 3. The molecule has 0 saturated heterocycles. The Bertz CT molecular complexity index is 1190. The molecule has 0 bridgehead atoms. The van der Waals surface area contributed by atoms with E-state index < -0.39 is 29.4 Å². The van der Waals surface area contributed by atoms with Gasteiger partial charge in [-0.1, -0.05) is 18.3 Å². The van der Waals surface area contributed by atoms with Gasteiger partial charge in [0.05, 0.1) is 31.1 Å². The van der Waals surface area contributed by atoms with Crippen molar-refractivity contribution in [3.8, 4) is 0 Å². The number of aryl methyl sites for hydroxylation is 1. The molecule has 1 aliphatic rings. The van der Waals surface area contributed by atoms with E-state index in [1.54, 1.807) is 13.8 Å². The molecule has 170 valence electrons. The predicted molar refractivity (Wildman–Crippen MR) is 112 cm³/mol. The maximum absolute atomic E-state index is 13.1. The Labute approximate surface area is 186 Å². The lowest BCUT2D eigenvalue weighted by Crippen LogP contribution is -2.38. The minimum Gasteiger partial charge on any atom is -0.466 e. The average Bonchev–Trinajstić information content (AvgIpc) is 3.20. The lowest BCUT2D eigenvalue weighted by atomic mass is 9.85. The van der Waals surface area contributed by atoms with Crippen LogP contribution >= 0.6 is 11.3 Å². The topological polar surface area (TPSA) is 138 Å². The van der Waals surface area contributed by atoms with E-state index in [1.807, 2.05) is 6.92 Å². The van der Waals surface area contributed by atoms with Crippen molar-refractivity contribution >= 4 is 34.2 Å². The highest BCUT2D eigenvalue weighted by atomic mass is 32.1. The van der Waals surface area contributed by atoms with E-state index in [0.717, 1.165) is 5.01 Å². The number of nitrogens with zero attached hydrogens (tertiary/aromatic N) is 3. The van der Waals surface area contributed by atoms with Crippen LogP contribution in [0, 0.1) is 5.92 Å². The number of dihydropyridines is 1. The third kappa shape index (κ3) is 4.26. The molecular weight excluding hydrogens is 440 g/mol. The lowest BCUT2D eigenvalue weighted by molar-refractivity contribution is -0.152. The second-order valence-corrected chi connectivity index (χ2v) is 7.90. The maximum Gasteiger partial charge on any atom is 0.336 e. The molecule has 3 rings (SSSR count). The summed E-state index contributed by atoms with van der Waals surface area (Å²) in [5.41, 5.74) is 0.362. The van der Waals surface area contributed by atoms with Gasteiger partial charge in [0, 0.05) is 17.5 Å². The highest BCUT2D eigenvalue weighted by Crippen LogP contribution is 2.32. The first-order valence-electron chi connectivity index (χ1n) is 9.62. The van der Waals surface area contributed by atoms with Crippen LogP contribution in [0.4, 0.5) is 0 Å². The zero-order valence-corrected chi connectivity index (χ0v) is 19.0. The SMILES string of the molecule is CCc1nn2c(=O)cc(COC(=O)C3C(C(=O)OC)=C(C)NC(C)=C3C(=O)OC)nc2s1. The number of esters is 3. The van der Waals surface area contributed by atoms with E-state index in [9.17, 15) is 19.2 Å². The van der Waals surface area contributed by atoms with Crippen molar-refractivity contribution < 1.29 is 28.6 Å². The summed E-state index contributed by atoms with van der Waals surface area (Å²) in [6, 6.07) is 1.21. The minimum atomic E-state index is -1.36. The number of ether oxygens (including phenoxy) is 3. The Morgan fingerprint density at radius 3 is 2.25 bits per heavy atom. The van der Waals surface area contributed by atoms with Crippen LogP contribution in [0.5, 0.6) is 0 Å². The monoisotopic (exact) mass is 462 g/mol. The van der Waals surface area contributed by atoms with Gasteiger partial charge in [0.2, 0.25) is 4.96 Å². The van der Waals surface area contributed by atoms with Crippen LogP contribution in [0.1, 0.15) is 31.5 Å². The molecule has 0 atom stereocenters. The Kier molecular flexibility index (Phi) is 6.72. The summed E-state index contributed by atoms with van der Waals surface area (Å²) in [7, 11) is 2.33. The third-order valence-electron chi connectivity index (χ3n) is 4.81. The summed E-state index contributed by atoms with van der Waals surface area (Å²) in [6.07, 6.45) is 0.650. The van der Waals surface area contributed by atoms with Gasteiger partial charge in [-0.3, -0.25) is 9.59 Å². The summed E-state index contributed by atoms with van der Waals surface area (Å²) >= 11 is 1.26. The van der Waals surface area contributed by atoms with Gasteiger partial charge in [-0.25, -0.2) is 14.6 Å². The highest BCUT2D eigenvalue weighted by molar-refractivity contribution is 7.16. The number of carbonyl (C=O) groups is 3. The first kappa shape index (κ1) is 23.1. The third-order valence-corrected chi connectivity index (χ3v) is 5.86. The Hall–Kier alpha value is -3.54. The van der Waals surface area contributed by atoms with Crippen molar-refractivity contribution in [2.24, 2.45) is 5.92 Å². The van der Waals surface area contributed by atoms with Gasteiger partial charge in [0.15, 0.2) is 0 Å². The molecule has 0 saturated carbocycles. The number of aromatic nitrogens is 3. The number of nitrogens with one attached hydrogen (secondary N) is 1. The van der Waals surface area contributed by atoms with Crippen molar-refractivity contribution in [3.05, 3.63) is 49.7 Å². The molecule has 2 aromatic rings. The van der Waals surface area contributed by atoms with Crippen molar-refractivity contribution in [2.75, 3.05) is 14.2 Å². The molecule has 0 fully saturated rings. The van der Waals surface area contributed by atoms with Crippen LogP contribution in [-0.2, 0) is 41.6 Å². The first-order valence-corrected chi connectivity index (χ1v) is 10.4. The van der Waals surface area contributed by atoms with Gasteiger partial charge in [0.1, 0.15) is 17.5 Å². The van der Waals surface area contributed by atoms with E-state index in [4.69, 9.17) is 14.2 Å². The predicted octanol–water partition coefficient (Wildman–Crippen LogP) is 0.870. The molecule has 0 aliphatic carbocycles. The fourth-order valence-electron chi connectivity index (χ4n) is 3.33. The number of hydrogen-bond acceptors (Lipinski definition) is 11. The molecule has 0 spiro atoms. The van der Waals surface area contributed by atoms with E-state index in [1.165, 1.54) is 36.1 Å². The Morgan fingerprint density at radius 1 is 1.12 bits per heavy atom. The summed E-state index contributed by atoms with van der Waals surface area (Å²) < 4.78 is 16.2. The van der Waals surface area contributed by atoms with E-state index in [-0.39, 0.29) is 23.4 Å². The van der Waals surface area contributed by atoms with E-state index in [0.29, 0.717) is 22.8 Å². The minimum absolute atomic E-state index is 0.0676. The second kappa shape index (κ2) is 9.30. The van der Waals surface area contributed by atoms with Gasteiger partial charge in [-0.2, -0.15) is 9.61 Å². The quantitative estimate of drug-likeness (QED) is 0.486. The first-order chi connectivity index (χ1) is 15.2. The van der Waals surface area contributed by atoms with Crippen molar-refractivity contribution in [3.63, 3.8) is 0 Å². The van der Waals surface area contributed by atoms with Gasteiger partial charge in [0.25, 0.3) is 5.56 Å². The smallest absolute Gasteiger partial charge is 0.336 e. The molecule has 0 amide bonds. The number of rotatable bonds is 6. The van der Waals surface area contributed by atoms with Gasteiger partial charge < -0.3 is 19.5 Å². The van der Waals surface area contributed by atoms with Crippen LogP contribution in [0.3, 0.4) is 0 Å². The maximum atomic E-state index is 13.1. The van der Waals surface area contributed by atoms with Crippen LogP contribution in [-0.4, -0.2) is 46.7 Å². The summed E-state index contributed by atoms with van der Waals surface area (Å²) in [4.78, 5) is 54.8. The molecule has 0 aromatic carbocycles. The van der Waals surface area contributed by atoms with Gasteiger partial charge in [-0.05, 0) is 20.3 Å². The van der Waals surface area contributed by atoms with Gasteiger partial charge in [-0.15, -0.1) is 0 Å². The van der Waals surface area contributed by atoms with Crippen LogP contribution < -0.4 is 10.9 Å². The number of methoxy groups -OCH3 is 2. The van der Waals surface area contributed by atoms with Gasteiger partial charge >= 0.3 is 17.9 Å². The van der Waals surface area contributed by atoms with E-state index in [2.05, 4.69) is 15.4 Å². The lowest BCUT2D eigenvalue weighted by Gasteiger charge is -2.28. The number of hydrogen-bond donors (Lipinski definition) is 1. The Morgan fingerprint density at radius 2 is 1.72 bits per heavy atom. The molecule has 32 heavy (non-hydrogen) atoms. The zero-order valence-electron chi connectivity index (χ0n) is 18.2. The molecule has 1 aliphatic heterocycles. The molecule has 11 nitrogen and oxygen atoms in total. The highest BCUT2D eigenvalue weighted by Gasteiger charge is 2.42. The van der Waals surface area contributed by atoms with Crippen molar-refractivity contribution in [2.45, 2.75) is 33.8 Å². The molecule has 0 radical (unpaired) electrons. The zero-order chi connectivity index (χ0) is 23.6. The van der Waals surface area contributed by atoms with Crippen LogP contribution in [0.25, 0.3) is 4.96 Å². The van der Waals surface area contributed by atoms with Crippen LogP contribution in [0.2, 0.25) is 0 Å². The average molecular weight is 462 g/mol. The normalized spacial score (nSPS) is 14.4. The standard InChI is InChI=1S/C20H22N4O7S/c1-6-12-23-24-13(25)7-11(22-20(24)32-12)8-31-19(28)16-14(17(26)29-4)9(2)21-10(3)15(16)18(27)30-5/h7,16,21H,6,8H2,1-5H3.